The molecule has 1 saturated heterocycles. The molecule has 3 fully saturated rings. The van der Waals surface area contributed by atoms with E-state index >= 15 is 0 Å². The summed E-state index contributed by atoms with van der Waals surface area (Å²) in [5, 5.41) is 0. The highest BCUT2D eigenvalue weighted by molar-refractivity contribution is 5.39. The van der Waals surface area contributed by atoms with Gasteiger partial charge in [0.15, 0.2) is 11.5 Å². The predicted octanol–water partition coefficient (Wildman–Crippen LogP) is 3.93. The molecule has 0 aromatic heterocycles. The largest absolute Gasteiger partial charge is 0.487 e. The smallest absolute Gasteiger partial charge is 0.161 e. The van der Waals surface area contributed by atoms with Gasteiger partial charge in [0.1, 0.15) is 25.4 Å². The maximum Gasteiger partial charge on any atom is 0.161 e. The van der Waals surface area contributed by atoms with Crippen LogP contribution in [0.15, 0.2) is 24.3 Å². The molecule has 8 heteroatoms. The molecule has 1 aromatic carbocycles. The Morgan fingerprint density at radius 2 is 0.806 bits per heavy atom. The molecule has 4 atom stereocenters. The molecule has 202 valence electrons. The standard InChI is InChI=1S/C28H42O8/c1-2-8-24-23(7-1)31-15-13-29-21-17-33-25-9-3-5-11-27(25)35-19-22(30-14-16-32-24)20-36-28-12-6-4-10-26(28)34-18-21/h1-2,7-8,21-22,25-28H,3-6,9-20H2. The van der Waals surface area contributed by atoms with Gasteiger partial charge in [-0.1, -0.05) is 37.8 Å². The van der Waals surface area contributed by atoms with Crippen molar-refractivity contribution in [2.24, 2.45) is 0 Å². The molecule has 36 heavy (non-hydrogen) atoms. The molecule has 4 unspecified atom stereocenters. The molecule has 1 aromatic rings. The fourth-order valence-electron chi connectivity index (χ4n) is 5.52. The number of hydrogen-bond acceptors (Lipinski definition) is 8. The molecule has 0 amide bonds. The zero-order chi connectivity index (χ0) is 24.4. The van der Waals surface area contributed by atoms with Crippen molar-refractivity contribution in [2.45, 2.75) is 88.0 Å². The van der Waals surface area contributed by atoms with Gasteiger partial charge in [0, 0.05) is 0 Å². The lowest BCUT2D eigenvalue weighted by Gasteiger charge is -2.36. The lowest BCUT2D eigenvalue weighted by Crippen LogP contribution is -2.44. The fourth-order valence-corrected chi connectivity index (χ4v) is 5.52. The molecule has 2 aliphatic carbocycles. The van der Waals surface area contributed by atoms with E-state index in [-0.39, 0.29) is 36.6 Å². The van der Waals surface area contributed by atoms with Crippen LogP contribution in [0.2, 0.25) is 0 Å². The quantitative estimate of drug-likeness (QED) is 0.524. The minimum Gasteiger partial charge on any atom is -0.487 e. The summed E-state index contributed by atoms with van der Waals surface area (Å²) in [6.45, 7) is 3.60. The van der Waals surface area contributed by atoms with Gasteiger partial charge in [0.2, 0.25) is 0 Å². The van der Waals surface area contributed by atoms with Crippen LogP contribution < -0.4 is 9.47 Å². The van der Waals surface area contributed by atoms with Gasteiger partial charge in [-0.25, -0.2) is 0 Å². The molecule has 2 saturated carbocycles. The second-order valence-corrected chi connectivity index (χ2v) is 10.2. The van der Waals surface area contributed by atoms with Gasteiger partial charge in [0.25, 0.3) is 0 Å². The summed E-state index contributed by atoms with van der Waals surface area (Å²) in [7, 11) is 0. The molecule has 0 N–H and O–H groups in total. The van der Waals surface area contributed by atoms with Gasteiger partial charge >= 0.3 is 0 Å². The molecular formula is C28H42O8. The minimum atomic E-state index is -0.178. The van der Waals surface area contributed by atoms with Gasteiger partial charge in [-0.15, -0.1) is 0 Å². The second kappa shape index (κ2) is 13.9. The number of benzene rings is 1. The molecule has 6 rings (SSSR count). The SMILES string of the molecule is c1ccc2c(c1)OCCOC1COC3CCCCC3OCC(COC3CCCCC3OC1)OCCO2. The first kappa shape index (κ1) is 26.2. The third-order valence-corrected chi connectivity index (χ3v) is 7.51. The van der Waals surface area contributed by atoms with E-state index in [1.165, 1.54) is 0 Å². The number of hydrogen-bond donors (Lipinski definition) is 0. The van der Waals surface area contributed by atoms with Crippen LogP contribution in [0.4, 0.5) is 0 Å². The van der Waals surface area contributed by atoms with E-state index in [0.717, 1.165) is 51.4 Å². The van der Waals surface area contributed by atoms with Crippen molar-refractivity contribution in [3.63, 3.8) is 0 Å². The topological polar surface area (TPSA) is 73.8 Å². The van der Waals surface area contributed by atoms with E-state index in [4.69, 9.17) is 37.9 Å². The van der Waals surface area contributed by atoms with Crippen molar-refractivity contribution in [2.75, 3.05) is 52.9 Å². The summed E-state index contributed by atoms with van der Waals surface area (Å²) in [6, 6.07) is 7.70. The van der Waals surface area contributed by atoms with Gasteiger partial charge in [-0.2, -0.15) is 0 Å². The van der Waals surface area contributed by atoms with Gasteiger partial charge in [-0.05, 0) is 37.8 Å². The third kappa shape index (κ3) is 7.55. The Balaban J connectivity index is 1.34. The molecule has 8 nitrogen and oxygen atoms in total. The lowest BCUT2D eigenvalue weighted by atomic mass is 9.94. The highest BCUT2D eigenvalue weighted by atomic mass is 16.6. The van der Waals surface area contributed by atoms with Crippen LogP contribution in [-0.4, -0.2) is 89.5 Å². The highest BCUT2D eigenvalue weighted by Gasteiger charge is 2.32. The van der Waals surface area contributed by atoms with Crippen LogP contribution in [0.3, 0.4) is 0 Å². The van der Waals surface area contributed by atoms with Crippen molar-refractivity contribution >= 4 is 0 Å². The average molecular weight is 507 g/mol. The Hall–Kier alpha value is -1.42. The first-order valence-corrected chi connectivity index (χ1v) is 13.9. The molecule has 3 aliphatic heterocycles. The first-order chi connectivity index (χ1) is 17.8. The van der Waals surface area contributed by atoms with Gasteiger partial charge < -0.3 is 37.9 Å². The summed E-state index contributed by atoms with van der Waals surface area (Å²) in [5.41, 5.74) is 0. The summed E-state index contributed by atoms with van der Waals surface area (Å²) < 4.78 is 50.1. The zero-order valence-electron chi connectivity index (χ0n) is 21.4. The van der Waals surface area contributed by atoms with Crippen LogP contribution in [-0.2, 0) is 28.4 Å². The van der Waals surface area contributed by atoms with Crippen LogP contribution in [0, 0.1) is 0 Å². The summed E-state index contributed by atoms with van der Waals surface area (Å²) in [4.78, 5) is 0. The van der Waals surface area contributed by atoms with Crippen molar-refractivity contribution in [3.05, 3.63) is 24.3 Å². The maximum absolute atomic E-state index is 6.42. The van der Waals surface area contributed by atoms with Crippen LogP contribution in [0.5, 0.6) is 11.5 Å². The van der Waals surface area contributed by atoms with E-state index in [2.05, 4.69) is 0 Å². The molecule has 3 heterocycles. The highest BCUT2D eigenvalue weighted by Crippen LogP contribution is 2.29. The normalized spacial score (nSPS) is 35.4. The van der Waals surface area contributed by atoms with Crippen LogP contribution in [0.1, 0.15) is 51.4 Å². The fraction of sp³-hybridized carbons (Fsp3) is 0.786. The van der Waals surface area contributed by atoms with Gasteiger partial charge in [-0.3, -0.25) is 0 Å². The van der Waals surface area contributed by atoms with E-state index in [1.54, 1.807) is 0 Å². The lowest BCUT2D eigenvalue weighted by molar-refractivity contribution is -0.177. The van der Waals surface area contributed by atoms with Crippen LogP contribution in [0.25, 0.3) is 0 Å². The van der Waals surface area contributed by atoms with Gasteiger partial charge in [0.05, 0.1) is 64.1 Å². The van der Waals surface area contributed by atoms with Crippen molar-refractivity contribution in [1.29, 1.82) is 0 Å². The van der Waals surface area contributed by atoms with Crippen LogP contribution >= 0.6 is 0 Å². The Kier molecular flexibility index (Phi) is 10.1. The molecular weight excluding hydrogens is 464 g/mol. The summed E-state index contributed by atoms with van der Waals surface area (Å²) in [6.07, 6.45) is 8.50. The van der Waals surface area contributed by atoms with E-state index in [0.29, 0.717) is 64.4 Å². The summed E-state index contributed by atoms with van der Waals surface area (Å²) in [5.74, 6) is 1.40. The molecule has 0 radical (unpaired) electrons. The van der Waals surface area contributed by atoms with E-state index < -0.39 is 0 Å². The molecule has 0 spiro atoms. The zero-order valence-corrected chi connectivity index (χ0v) is 21.4. The van der Waals surface area contributed by atoms with Crippen molar-refractivity contribution in [1.82, 2.24) is 0 Å². The third-order valence-electron chi connectivity index (χ3n) is 7.51. The Morgan fingerprint density at radius 1 is 0.444 bits per heavy atom. The van der Waals surface area contributed by atoms with E-state index in [1.807, 2.05) is 24.3 Å². The maximum atomic E-state index is 6.42. The number of para-hydroxylation sites is 2. The Morgan fingerprint density at radius 3 is 1.17 bits per heavy atom. The Bertz CT molecular complexity index is 681. The number of fused-ring (bicyclic) bond motifs is 10. The number of rotatable bonds is 0. The second-order valence-electron chi connectivity index (χ2n) is 10.2. The monoisotopic (exact) mass is 506 g/mol. The summed E-state index contributed by atoms with van der Waals surface area (Å²) >= 11 is 0. The first-order valence-electron chi connectivity index (χ1n) is 13.9. The number of ether oxygens (including phenoxy) is 8. The Labute approximate surface area is 214 Å². The minimum absolute atomic E-state index is 0.0575. The van der Waals surface area contributed by atoms with Crippen molar-refractivity contribution < 1.29 is 37.9 Å². The van der Waals surface area contributed by atoms with Crippen molar-refractivity contribution in [3.8, 4) is 11.5 Å². The average Bonchev–Trinajstić information content (AvgIpc) is 2.92. The predicted molar refractivity (Wildman–Crippen MR) is 133 cm³/mol. The molecule has 5 aliphatic rings. The molecule has 2 bridgehead atoms. The van der Waals surface area contributed by atoms with E-state index in [9.17, 15) is 0 Å².